The molecule has 14 heteroatoms. The van der Waals surface area contributed by atoms with Crippen molar-refractivity contribution in [2.24, 2.45) is 0 Å². The highest BCUT2D eigenvalue weighted by atomic mass is 32.2. The summed E-state index contributed by atoms with van der Waals surface area (Å²) in [6, 6.07) is 22.7. The molecule has 0 atom stereocenters. The minimum Gasteiger partial charge on any atom is -0.550 e. The monoisotopic (exact) mass is 742 g/mol. The van der Waals surface area contributed by atoms with Crippen molar-refractivity contribution < 1.29 is 28.6 Å². The van der Waals surface area contributed by atoms with E-state index < -0.39 is 17.7 Å². The van der Waals surface area contributed by atoms with E-state index in [1.165, 1.54) is 33.4 Å². The van der Waals surface area contributed by atoms with Crippen LogP contribution in [0.25, 0.3) is 17.5 Å². The van der Waals surface area contributed by atoms with Crippen molar-refractivity contribution in [2.45, 2.75) is 30.7 Å². The number of hydrogen-bond donors (Lipinski definition) is 0. The van der Waals surface area contributed by atoms with Gasteiger partial charge in [-0.25, -0.2) is 4.39 Å². The Morgan fingerprint density at radius 1 is 0.865 bits per heavy atom. The van der Waals surface area contributed by atoms with Crippen LogP contribution in [0.1, 0.15) is 19.3 Å². The van der Waals surface area contributed by atoms with E-state index in [0.29, 0.717) is 41.9 Å². The molecule has 6 rings (SSSR count). The first-order valence-corrected chi connectivity index (χ1v) is 17.9. The number of thioether (sulfide) groups is 1. The van der Waals surface area contributed by atoms with Crippen molar-refractivity contribution in [3.8, 4) is 5.69 Å². The number of halogens is 1. The van der Waals surface area contributed by atoms with Crippen LogP contribution in [0.4, 0.5) is 15.8 Å². The van der Waals surface area contributed by atoms with E-state index in [4.69, 9.17) is 21.7 Å². The Hall–Kier alpha value is -5.02. The van der Waals surface area contributed by atoms with Gasteiger partial charge in [-0.3, -0.25) is 19.1 Å². The number of benzene rings is 3. The molecule has 1 aromatic heterocycles. The minimum absolute atomic E-state index is 0.0823. The van der Waals surface area contributed by atoms with Crippen LogP contribution < -0.4 is 31.3 Å². The van der Waals surface area contributed by atoms with Gasteiger partial charge in [0.05, 0.1) is 35.3 Å². The number of thiocarbonyl (C=S) groups is 1. The van der Waals surface area contributed by atoms with Crippen molar-refractivity contribution in [1.82, 2.24) is 14.0 Å². The topological polar surface area (TPSA) is 112 Å². The normalized spacial score (nSPS) is 16.5. The third-order valence-electron chi connectivity index (χ3n) is 8.65. The molecule has 0 N–H and O–H groups in total. The number of rotatable bonds is 14. The maximum absolute atomic E-state index is 14.7. The number of carboxylic acid groups (broad SMARTS) is 1. The molecule has 2 aliphatic heterocycles. The zero-order chi connectivity index (χ0) is 36.8. The number of amides is 1. The molecule has 2 aliphatic rings. The van der Waals surface area contributed by atoms with Gasteiger partial charge >= 0.3 is 0 Å². The van der Waals surface area contributed by atoms with E-state index in [9.17, 15) is 23.9 Å². The fraction of sp³-hybridized carbons (Fsp3) is 0.263. The van der Waals surface area contributed by atoms with Gasteiger partial charge in [-0.2, -0.15) is 0 Å². The lowest BCUT2D eigenvalue weighted by Gasteiger charge is -2.20. The van der Waals surface area contributed by atoms with Gasteiger partial charge in [0.2, 0.25) is 0 Å². The molecule has 0 aliphatic carbocycles. The Labute approximate surface area is 309 Å². The van der Waals surface area contributed by atoms with Gasteiger partial charge in [0.25, 0.3) is 11.5 Å². The van der Waals surface area contributed by atoms with Crippen LogP contribution in [0.3, 0.4) is 0 Å². The molecule has 1 saturated heterocycles. The second kappa shape index (κ2) is 16.5. The number of unbranched alkanes of at least 4 members (excludes halogenated alkanes) is 1. The first-order valence-electron chi connectivity index (χ1n) is 16.7. The largest absolute Gasteiger partial charge is 0.550 e. The highest BCUT2D eigenvalue weighted by molar-refractivity contribution is 8.03. The lowest BCUT2D eigenvalue weighted by molar-refractivity contribution is -0.305. The summed E-state index contributed by atoms with van der Waals surface area (Å²) < 4.78 is 28.7. The lowest BCUT2D eigenvalue weighted by atomic mass is 10.2. The minimum atomic E-state index is -1.12. The number of anilines is 2. The summed E-state index contributed by atoms with van der Waals surface area (Å²) in [4.78, 5) is 46.3. The van der Waals surface area contributed by atoms with E-state index in [2.05, 4.69) is 0 Å². The zero-order valence-corrected chi connectivity index (χ0v) is 30.3. The quantitative estimate of drug-likeness (QED) is 0.141. The number of carbonyl (C=O) groups excluding carboxylic acids is 2. The molecule has 0 saturated carbocycles. The second-order valence-corrected chi connectivity index (χ2v) is 13.4. The average Bonchev–Trinajstić information content (AvgIpc) is 3.71. The molecule has 52 heavy (non-hydrogen) atoms. The first-order chi connectivity index (χ1) is 25.2. The number of ether oxygens (including phenoxy) is 2. The van der Waals surface area contributed by atoms with Crippen molar-refractivity contribution in [1.29, 1.82) is 0 Å². The third kappa shape index (κ3) is 7.46. The molecule has 0 unspecified atom stereocenters. The number of hydrogen-bond acceptors (Lipinski definition) is 9. The Morgan fingerprint density at radius 2 is 1.54 bits per heavy atom. The van der Waals surface area contributed by atoms with E-state index in [1.807, 2.05) is 41.3 Å². The molecular formula is C38H37FN5O6S2-. The van der Waals surface area contributed by atoms with Crippen molar-refractivity contribution in [3.05, 3.63) is 117 Å². The molecule has 11 nitrogen and oxygen atoms in total. The SMILES string of the molecule is COCCN1C(=S)N(c2ccccc2)C(=O)/C1=c1\n(-c2ccccc2)c(=O)/c(=C/C=C2/Sc3ccc(F)cc3N2CCCCC(=O)[O-])n1CCOC. The number of para-hydroxylation sites is 2. The molecule has 3 heterocycles. The zero-order valence-electron chi connectivity index (χ0n) is 28.7. The molecule has 0 bridgehead atoms. The molecule has 0 radical (unpaired) electrons. The Kier molecular flexibility index (Phi) is 11.7. The summed E-state index contributed by atoms with van der Waals surface area (Å²) in [5, 5.41) is 12.3. The van der Waals surface area contributed by atoms with Crippen LogP contribution in [0.5, 0.6) is 0 Å². The number of aliphatic carboxylic acids is 1. The van der Waals surface area contributed by atoms with Gasteiger partial charge in [-0.1, -0.05) is 48.2 Å². The van der Waals surface area contributed by atoms with Crippen molar-refractivity contribution in [2.75, 3.05) is 50.3 Å². The van der Waals surface area contributed by atoms with Crippen molar-refractivity contribution in [3.63, 3.8) is 0 Å². The van der Waals surface area contributed by atoms with Gasteiger partial charge in [-0.15, -0.1) is 0 Å². The maximum Gasteiger partial charge on any atom is 0.285 e. The van der Waals surface area contributed by atoms with Crippen LogP contribution >= 0.6 is 24.0 Å². The van der Waals surface area contributed by atoms with Crippen LogP contribution in [0.15, 0.2) is 99.7 Å². The number of methoxy groups -OCH3 is 2. The summed E-state index contributed by atoms with van der Waals surface area (Å²) in [5.74, 6) is -1.92. The molecule has 1 amide bonds. The van der Waals surface area contributed by atoms with E-state index in [-0.39, 0.29) is 54.4 Å². The third-order valence-corrected chi connectivity index (χ3v) is 10.2. The van der Waals surface area contributed by atoms with E-state index in [1.54, 1.807) is 66.2 Å². The van der Waals surface area contributed by atoms with Gasteiger partial charge in [0, 0.05) is 44.7 Å². The average molecular weight is 743 g/mol. The smallest absolute Gasteiger partial charge is 0.285 e. The highest BCUT2D eigenvalue weighted by Crippen LogP contribution is 2.46. The fourth-order valence-electron chi connectivity index (χ4n) is 6.24. The summed E-state index contributed by atoms with van der Waals surface area (Å²) in [6.45, 7) is 1.38. The molecule has 0 spiro atoms. The van der Waals surface area contributed by atoms with Gasteiger partial charge in [0.1, 0.15) is 11.2 Å². The van der Waals surface area contributed by atoms with Crippen LogP contribution in [0.2, 0.25) is 0 Å². The lowest BCUT2D eigenvalue weighted by Crippen LogP contribution is -2.39. The summed E-state index contributed by atoms with van der Waals surface area (Å²) >= 11 is 7.34. The van der Waals surface area contributed by atoms with E-state index in [0.717, 1.165) is 9.92 Å². The summed E-state index contributed by atoms with van der Waals surface area (Å²) in [6.07, 6.45) is 4.33. The number of carbonyl (C=O) groups is 2. The van der Waals surface area contributed by atoms with Crippen LogP contribution in [-0.2, 0) is 25.6 Å². The first kappa shape index (κ1) is 36.8. The Balaban J connectivity index is 1.60. The van der Waals surface area contributed by atoms with E-state index >= 15 is 0 Å². The number of aromatic nitrogens is 2. The number of carboxylic acids is 1. The molecule has 1 fully saturated rings. The predicted octanol–water partition coefficient (Wildman–Crippen LogP) is 2.97. The summed E-state index contributed by atoms with van der Waals surface area (Å²) in [7, 11) is 3.13. The van der Waals surface area contributed by atoms with Crippen molar-refractivity contribution >= 4 is 64.1 Å². The highest BCUT2D eigenvalue weighted by Gasteiger charge is 2.41. The molecular weight excluding hydrogens is 706 g/mol. The fourth-order valence-corrected chi connectivity index (χ4v) is 7.68. The molecule has 4 aromatic rings. The number of fused-ring (bicyclic) bond motifs is 1. The predicted molar refractivity (Wildman–Crippen MR) is 201 cm³/mol. The van der Waals surface area contributed by atoms with Crippen LogP contribution in [0, 0.1) is 5.82 Å². The number of imidazole rings is 1. The molecule has 270 valence electrons. The van der Waals surface area contributed by atoms with Gasteiger partial charge in [-0.05, 0) is 86.1 Å². The summed E-state index contributed by atoms with van der Waals surface area (Å²) in [5.41, 5.74) is 1.95. The molecule has 3 aromatic carbocycles. The van der Waals surface area contributed by atoms with Gasteiger partial charge < -0.3 is 33.7 Å². The second-order valence-electron chi connectivity index (χ2n) is 11.9. The van der Waals surface area contributed by atoms with Crippen LogP contribution in [-0.4, -0.2) is 71.5 Å². The number of nitrogens with zero attached hydrogens (tertiary/aromatic N) is 5. The standard InChI is InChI=1S/C38H38FN5O6S2/c1-49-23-21-41-29(17-19-32-40(20-10-9-15-33(45)46)30-25-26(39)16-18-31(30)52-32)36(47)43(27-11-5-3-6-12-27)35(41)34-37(48)44(28-13-7-4-8-14-28)38(51)42(34)22-24-50-2/h3-8,11-14,16-19,25H,9-10,15,20-24H2,1-2H3,(H,45,46)/p-1/b29-17-,32-19+,35-34+. The maximum atomic E-state index is 14.7. The Bertz CT molecular complexity index is 2190. The Morgan fingerprint density at radius 3 is 2.21 bits per heavy atom. The number of allylic oxidation sites excluding steroid dienone is 1. The van der Waals surface area contributed by atoms with Gasteiger partial charge in [0.15, 0.2) is 16.3 Å².